The molecule has 0 aliphatic rings. The number of rotatable bonds is 6. The van der Waals surface area contributed by atoms with Crippen LogP contribution in [0, 0.1) is 5.41 Å². The molecule has 0 heterocycles. The molecule has 3 heteroatoms. The van der Waals surface area contributed by atoms with E-state index in [1.54, 1.807) is 0 Å². The Morgan fingerprint density at radius 1 is 1.21 bits per heavy atom. The number of nitrogens with two attached hydrogens (primary N) is 1. The van der Waals surface area contributed by atoms with Crippen molar-refractivity contribution in [2.75, 3.05) is 19.8 Å². The standard InChI is InChI=1S/C11H25NO2/c1-6-13-7-9(2)14-8-10(12)11(3,4)5/h9-10H,6-8,12H2,1-5H3. The SMILES string of the molecule is CCOCC(C)OCC(N)C(C)(C)C. The summed E-state index contributed by atoms with van der Waals surface area (Å²) in [5.41, 5.74) is 6.06. The van der Waals surface area contributed by atoms with Crippen LogP contribution in [0.25, 0.3) is 0 Å². The van der Waals surface area contributed by atoms with Crippen LogP contribution in [0.4, 0.5) is 0 Å². The van der Waals surface area contributed by atoms with Gasteiger partial charge in [-0.25, -0.2) is 0 Å². The van der Waals surface area contributed by atoms with Crippen LogP contribution in [0.3, 0.4) is 0 Å². The fourth-order valence-electron chi connectivity index (χ4n) is 0.850. The highest BCUT2D eigenvalue weighted by Gasteiger charge is 2.21. The Morgan fingerprint density at radius 3 is 2.21 bits per heavy atom. The molecule has 86 valence electrons. The highest BCUT2D eigenvalue weighted by molar-refractivity contribution is 4.76. The van der Waals surface area contributed by atoms with E-state index in [9.17, 15) is 0 Å². The second kappa shape index (κ2) is 6.38. The van der Waals surface area contributed by atoms with Gasteiger partial charge in [0.2, 0.25) is 0 Å². The molecule has 0 saturated carbocycles. The summed E-state index contributed by atoms with van der Waals surface area (Å²) in [6, 6.07) is 0.0755. The molecule has 0 radical (unpaired) electrons. The molecule has 0 aromatic rings. The molecular formula is C11H25NO2. The second-order valence-corrected chi connectivity index (χ2v) is 4.78. The van der Waals surface area contributed by atoms with Gasteiger partial charge in [-0.05, 0) is 19.3 Å². The van der Waals surface area contributed by atoms with Crippen LogP contribution in [0.2, 0.25) is 0 Å². The number of ether oxygens (including phenoxy) is 2. The van der Waals surface area contributed by atoms with Gasteiger partial charge in [0.15, 0.2) is 0 Å². The summed E-state index contributed by atoms with van der Waals surface area (Å²) in [7, 11) is 0. The lowest BCUT2D eigenvalue weighted by Crippen LogP contribution is -2.40. The molecule has 0 aliphatic carbocycles. The molecule has 2 N–H and O–H groups in total. The Morgan fingerprint density at radius 2 is 1.79 bits per heavy atom. The lowest BCUT2D eigenvalue weighted by atomic mass is 9.88. The van der Waals surface area contributed by atoms with Crippen molar-refractivity contribution in [3.05, 3.63) is 0 Å². The molecular weight excluding hydrogens is 178 g/mol. The molecule has 0 saturated heterocycles. The minimum absolute atomic E-state index is 0.0755. The average molecular weight is 203 g/mol. The first-order chi connectivity index (χ1) is 6.38. The van der Waals surface area contributed by atoms with Gasteiger partial charge in [-0.1, -0.05) is 20.8 Å². The van der Waals surface area contributed by atoms with Crippen LogP contribution in [0.15, 0.2) is 0 Å². The van der Waals surface area contributed by atoms with Crippen molar-refractivity contribution in [2.24, 2.45) is 11.1 Å². The van der Waals surface area contributed by atoms with E-state index in [-0.39, 0.29) is 17.6 Å². The molecule has 2 atom stereocenters. The van der Waals surface area contributed by atoms with Crippen molar-refractivity contribution in [3.8, 4) is 0 Å². The summed E-state index contributed by atoms with van der Waals surface area (Å²) in [6.07, 6.45) is 0.128. The van der Waals surface area contributed by atoms with Crippen molar-refractivity contribution in [1.82, 2.24) is 0 Å². The molecule has 2 unspecified atom stereocenters. The fraction of sp³-hybridized carbons (Fsp3) is 1.00. The maximum Gasteiger partial charge on any atom is 0.0781 e. The van der Waals surface area contributed by atoms with Crippen molar-refractivity contribution in [3.63, 3.8) is 0 Å². The Labute approximate surface area is 88.0 Å². The maximum atomic E-state index is 5.96. The highest BCUT2D eigenvalue weighted by Crippen LogP contribution is 2.17. The zero-order valence-corrected chi connectivity index (χ0v) is 10.2. The molecule has 0 spiro atoms. The van der Waals surface area contributed by atoms with E-state index in [0.29, 0.717) is 13.2 Å². The van der Waals surface area contributed by atoms with Gasteiger partial charge in [0.1, 0.15) is 0 Å². The van der Waals surface area contributed by atoms with Crippen LogP contribution in [0.1, 0.15) is 34.6 Å². The van der Waals surface area contributed by atoms with Crippen molar-refractivity contribution < 1.29 is 9.47 Å². The van der Waals surface area contributed by atoms with Crippen molar-refractivity contribution >= 4 is 0 Å². The number of hydrogen-bond donors (Lipinski definition) is 1. The second-order valence-electron chi connectivity index (χ2n) is 4.78. The Bertz CT molecular complexity index is 143. The molecule has 0 fully saturated rings. The van der Waals surface area contributed by atoms with Crippen molar-refractivity contribution in [1.29, 1.82) is 0 Å². The van der Waals surface area contributed by atoms with Gasteiger partial charge in [0.05, 0.1) is 19.3 Å². The molecule has 0 aromatic carbocycles. The van der Waals surface area contributed by atoms with Crippen molar-refractivity contribution in [2.45, 2.75) is 46.8 Å². The summed E-state index contributed by atoms with van der Waals surface area (Å²) in [4.78, 5) is 0. The van der Waals surface area contributed by atoms with Gasteiger partial charge in [0, 0.05) is 12.6 Å². The van der Waals surface area contributed by atoms with E-state index in [1.807, 2.05) is 13.8 Å². The quantitative estimate of drug-likeness (QED) is 0.716. The first-order valence-electron chi connectivity index (χ1n) is 5.32. The van der Waals surface area contributed by atoms with Gasteiger partial charge in [-0.2, -0.15) is 0 Å². The monoisotopic (exact) mass is 203 g/mol. The Kier molecular flexibility index (Phi) is 6.33. The maximum absolute atomic E-state index is 5.96. The van der Waals surface area contributed by atoms with Gasteiger partial charge in [-0.3, -0.25) is 0 Å². The molecule has 0 rings (SSSR count). The van der Waals surface area contributed by atoms with Crippen LogP contribution in [-0.4, -0.2) is 32.0 Å². The molecule has 14 heavy (non-hydrogen) atoms. The first-order valence-corrected chi connectivity index (χ1v) is 5.32. The van der Waals surface area contributed by atoms with E-state index in [4.69, 9.17) is 15.2 Å². The van der Waals surface area contributed by atoms with Gasteiger partial charge >= 0.3 is 0 Å². The molecule has 0 aliphatic heterocycles. The van der Waals surface area contributed by atoms with E-state index < -0.39 is 0 Å². The third-order valence-electron chi connectivity index (χ3n) is 2.23. The van der Waals surface area contributed by atoms with E-state index >= 15 is 0 Å². The summed E-state index contributed by atoms with van der Waals surface area (Å²) in [5.74, 6) is 0. The molecule has 0 amide bonds. The molecule has 3 nitrogen and oxygen atoms in total. The molecule has 0 bridgehead atoms. The first kappa shape index (κ1) is 13.9. The number of hydrogen-bond acceptors (Lipinski definition) is 3. The van der Waals surface area contributed by atoms with E-state index in [0.717, 1.165) is 6.61 Å². The third kappa shape index (κ3) is 6.35. The minimum Gasteiger partial charge on any atom is -0.379 e. The highest BCUT2D eigenvalue weighted by atomic mass is 16.5. The van der Waals surface area contributed by atoms with Gasteiger partial charge in [-0.15, -0.1) is 0 Å². The fourth-order valence-corrected chi connectivity index (χ4v) is 0.850. The van der Waals surface area contributed by atoms with Crippen LogP contribution >= 0.6 is 0 Å². The average Bonchev–Trinajstić information content (AvgIpc) is 2.09. The topological polar surface area (TPSA) is 44.5 Å². The summed E-state index contributed by atoms with van der Waals surface area (Å²) in [5, 5.41) is 0. The summed E-state index contributed by atoms with van der Waals surface area (Å²) in [6.45, 7) is 12.3. The van der Waals surface area contributed by atoms with Crippen LogP contribution < -0.4 is 5.73 Å². The molecule has 0 aromatic heterocycles. The summed E-state index contributed by atoms with van der Waals surface area (Å²) >= 11 is 0. The lowest BCUT2D eigenvalue weighted by molar-refractivity contribution is -0.0176. The van der Waals surface area contributed by atoms with Gasteiger partial charge in [0.25, 0.3) is 0 Å². The van der Waals surface area contributed by atoms with E-state index in [1.165, 1.54) is 0 Å². The van der Waals surface area contributed by atoms with E-state index in [2.05, 4.69) is 20.8 Å². The normalized spacial score (nSPS) is 16.7. The third-order valence-corrected chi connectivity index (χ3v) is 2.23. The largest absolute Gasteiger partial charge is 0.379 e. The van der Waals surface area contributed by atoms with Gasteiger partial charge < -0.3 is 15.2 Å². The zero-order chi connectivity index (χ0) is 11.2. The van der Waals surface area contributed by atoms with Crippen LogP contribution in [-0.2, 0) is 9.47 Å². The lowest BCUT2D eigenvalue weighted by Gasteiger charge is -2.28. The van der Waals surface area contributed by atoms with Crippen LogP contribution in [0.5, 0.6) is 0 Å². The summed E-state index contributed by atoms with van der Waals surface area (Å²) < 4.78 is 10.8. The predicted molar refractivity (Wildman–Crippen MR) is 59.3 cm³/mol. The zero-order valence-electron chi connectivity index (χ0n) is 10.2. The predicted octanol–water partition coefficient (Wildman–Crippen LogP) is 1.80. The smallest absolute Gasteiger partial charge is 0.0781 e. The Hall–Kier alpha value is -0.120. The minimum atomic E-state index is 0.0755. The Balaban J connectivity index is 3.61.